The maximum atomic E-state index is 11.7. The number of nitrogens with zero attached hydrogens (tertiary/aromatic N) is 4. The molecular weight excluding hydrogens is 350 g/mol. The van der Waals surface area contributed by atoms with Gasteiger partial charge in [0, 0.05) is 29.3 Å². The summed E-state index contributed by atoms with van der Waals surface area (Å²) >= 11 is 0. The van der Waals surface area contributed by atoms with E-state index < -0.39 is 0 Å². The number of fused-ring (bicyclic) bond motifs is 3. The predicted molar refractivity (Wildman–Crippen MR) is 99.2 cm³/mol. The Morgan fingerprint density at radius 3 is 2.30 bits per heavy atom. The Morgan fingerprint density at radius 2 is 1.67 bits per heavy atom. The molecule has 3 heterocycles. The lowest BCUT2D eigenvalue weighted by atomic mass is 10.2. The molecule has 3 aromatic heterocycles. The van der Waals surface area contributed by atoms with Gasteiger partial charge in [-0.15, -0.1) is 0 Å². The lowest BCUT2D eigenvalue weighted by Crippen LogP contribution is -2.05. The van der Waals surface area contributed by atoms with Crippen molar-refractivity contribution in [3.05, 3.63) is 40.3 Å². The summed E-state index contributed by atoms with van der Waals surface area (Å²) in [5.41, 5.74) is 2.64. The van der Waals surface area contributed by atoms with Gasteiger partial charge in [-0.2, -0.15) is 5.10 Å². The molecule has 0 saturated heterocycles. The number of ether oxygens (including phenoxy) is 3. The van der Waals surface area contributed by atoms with E-state index in [-0.39, 0.29) is 5.56 Å². The minimum Gasteiger partial charge on any atom is -0.493 e. The second-order valence-electron chi connectivity index (χ2n) is 5.85. The average Bonchev–Trinajstić information content (AvgIpc) is 3.10. The summed E-state index contributed by atoms with van der Waals surface area (Å²) in [6.45, 7) is 1.86. The summed E-state index contributed by atoms with van der Waals surface area (Å²) in [6.07, 6.45) is 0. The number of methoxy groups -OCH3 is 3. The van der Waals surface area contributed by atoms with Crippen molar-refractivity contribution in [3.8, 4) is 22.9 Å². The molecule has 0 amide bonds. The molecular formula is C18H17N5O4. The van der Waals surface area contributed by atoms with Crippen molar-refractivity contribution in [2.24, 2.45) is 0 Å². The number of aromatic amines is 1. The van der Waals surface area contributed by atoms with Gasteiger partial charge in [-0.3, -0.25) is 4.79 Å². The molecule has 27 heavy (non-hydrogen) atoms. The molecule has 1 N–H and O–H groups in total. The number of H-pyrrole nitrogens is 1. The Kier molecular flexibility index (Phi) is 3.91. The van der Waals surface area contributed by atoms with Gasteiger partial charge in [-0.1, -0.05) is 0 Å². The highest BCUT2D eigenvalue weighted by Gasteiger charge is 2.18. The van der Waals surface area contributed by atoms with E-state index >= 15 is 0 Å². The topological polar surface area (TPSA) is 104 Å². The third-order valence-electron chi connectivity index (χ3n) is 4.35. The largest absolute Gasteiger partial charge is 0.493 e. The molecule has 0 aliphatic rings. The smallest absolute Gasteiger partial charge is 0.270 e. The van der Waals surface area contributed by atoms with Crippen molar-refractivity contribution in [1.29, 1.82) is 0 Å². The van der Waals surface area contributed by atoms with Gasteiger partial charge in [-0.25, -0.2) is 19.9 Å². The molecule has 0 aliphatic carbocycles. The first kappa shape index (κ1) is 16.8. The highest BCUT2D eigenvalue weighted by atomic mass is 16.5. The van der Waals surface area contributed by atoms with E-state index in [9.17, 15) is 4.79 Å². The zero-order valence-corrected chi connectivity index (χ0v) is 15.2. The van der Waals surface area contributed by atoms with Crippen LogP contribution in [0.3, 0.4) is 0 Å². The molecule has 0 radical (unpaired) electrons. The van der Waals surface area contributed by atoms with Gasteiger partial charge in [0.2, 0.25) is 5.75 Å². The van der Waals surface area contributed by atoms with Gasteiger partial charge in [0.05, 0.1) is 27.0 Å². The third-order valence-corrected chi connectivity index (χ3v) is 4.35. The molecule has 138 valence electrons. The van der Waals surface area contributed by atoms with E-state index in [1.54, 1.807) is 44.2 Å². The van der Waals surface area contributed by atoms with Gasteiger partial charge in [0.15, 0.2) is 22.7 Å². The first-order chi connectivity index (χ1) is 13.1. The Hall–Kier alpha value is -3.62. The maximum Gasteiger partial charge on any atom is 0.270 e. The Bertz CT molecular complexity index is 1200. The van der Waals surface area contributed by atoms with Crippen LogP contribution in [0.25, 0.3) is 27.8 Å². The van der Waals surface area contributed by atoms with Gasteiger partial charge in [0.1, 0.15) is 5.52 Å². The lowest BCUT2D eigenvalue weighted by Gasteiger charge is -2.14. The van der Waals surface area contributed by atoms with Crippen LogP contribution in [0.4, 0.5) is 0 Å². The van der Waals surface area contributed by atoms with Gasteiger partial charge in [-0.05, 0) is 13.0 Å². The average molecular weight is 367 g/mol. The number of aromatic nitrogens is 5. The van der Waals surface area contributed by atoms with Crippen LogP contribution >= 0.6 is 0 Å². The third kappa shape index (κ3) is 2.55. The minimum absolute atomic E-state index is 0.322. The summed E-state index contributed by atoms with van der Waals surface area (Å²) in [6, 6.07) is 6.68. The van der Waals surface area contributed by atoms with Crippen LogP contribution < -0.4 is 19.8 Å². The number of benzene rings is 1. The summed E-state index contributed by atoms with van der Waals surface area (Å²) in [5.74, 6) is 1.49. The Morgan fingerprint density at radius 1 is 0.963 bits per heavy atom. The van der Waals surface area contributed by atoms with Crippen molar-refractivity contribution in [2.75, 3.05) is 21.3 Å². The van der Waals surface area contributed by atoms with Crippen molar-refractivity contribution < 1.29 is 14.2 Å². The van der Waals surface area contributed by atoms with Crippen molar-refractivity contribution in [1.82, 2.24) is 25.0 Å². The van der Waals surface area contributed by atoms with Crippen LogP contribution in [-0.2, 0) is 0 Å². The van der Waals surface area contributed by atoms with E-state index in [0.29, 0.717) is 39.6 Å². The summed E-state index contributed by atoms with van der Waals surface area (Å²) < 4.78 is 17.9. The molecule has 0 unspecified atom stereocenters. The fourth-order valence-corrected chi connectivity index (χ4v) is 3.07. The summed E-state index contributed by atoms with van der Waals surface area (Å²) in [7, 11) is 4.64. The highest BCUT2D eigenvalue weighted by Crippen LogP contribution is 2.39. The van der Waals surface area contributed by atoms with Crippen molar-refractivity contribution >= 4 is 22.1 Å². The molecule has 9 nitrogen and oxygen atoms in total. The SMILES string of the molecule is COc1cc(-n2[nH]nc3c4nc(=O)ccc4c(C)nc32)cc(OC)c1OC. The number of rotatable bonds is 4. The number of aryl methyl sites for hydroxylation is 1. The minimum atomic E-state index is -0.322. The van der Waals surface area contributed by atoms with Gasteiger partial charge < -0.3 is 14.2 Å². The Balaban J connectivity index is 2.03. The molecule has 0 saturated carbocycles. The fraction of sp³-hybridized carbons (Fsp3) is 0.222. The van der Waals surface area contributed by atoms with Gasteiger partial charge >= 0.3 is 0 Å². The zero-order chi connectivity index (χ0) is 19.1. The maximum absolute atomic E-state index is 11.7. The quantitative estimate of drug-likeness (QED) is 0.588. The molecule has 0 atom stereocenters. The fourth-order valence-electron chi connectivity index (χ4n) is 3.07. The normalized spacial score (nSPS) is 11.1. The lowest BCUT2D eigenvalue weighted by molar-refractivity contribution is 0.324. The number of pyridine rings is 2. The first-order valence-corrected chi connectivity index (χ1v) is 8.12. The first-order valence-electron chi connectivity index (χ1n) is 8.12. The number of hydrogen-bond donors (Lipinski definition) is 1. The summed E-state index contributed by atoms with van der Waals surface area (Å²) in [5, 5.41) is 8.02. The van der Waals surface area contributed by atoms with Gasteiger partial charge in [0.25, 0.3) is 5.56 Å². The Labute approximate surface area is 153 Å². The molecule has 0 spiro atoms. The monoisotopic (exact) mass is 367 g/mol. The molecule has 1 aromatic carbocycles. The molecule has 0 fully saturated rings. The van der Waals surface area contributed by atoms with Crippen LogP contribution in [0.2, 0.25) is 0 Å². The second kappa shape index (κ2) is 6.27. The van der Waals surface area contributed by atoms with E-state index in [0.717, 1.165) is 11.1 Å². The molecule has 9 heteroatoms. The molecule has 4 aromatic rings. The number of hydrogen-bond acceptors (Lipinski definition) is 7. The summed E-state index contributed by atoms with van der Waals surface area (Å²) in [4.78, 5) is 20.5. The van der Waals surface area contributed by atoms with E-state index in [4.69, 9.17) is 14.2 Å². The molecule has 4 rings (SSSR count). The van der Waals surface area contributed by atoms with E-state index in [1.807, 2.05) is 6.92 Å². The molecule has 0 bridgehead atoms. The highest BCUT2D eigenvalue weighted by molar-refractivity contribution is 6.00. The van der Waals surface area contributed by atoms with Crippen LogP contribution in [0, 0.1) is 6.92 Å². The van der Waals surface area contributed by atoms with Crippen LogP contribution in [-0.4, -0.2) is 46.3 Å². The van der Waals surface area contributed by atoms with Crippen LogP contribution in [0.15, 0.2) is 29.1 Å². The van der Waals surface area contributed by atoms with E-state index in [1.165, 1.54) is 6.07 Å². The van der Waals surface area contributed by atoms with E-state index in [2.05, 4.69) is 20.3 Å². The van der Waals surface area contributed by atoms with Crippen molar-refractivity contribution in [3.63, 3.8) is 0 Å². The van der Waals surface area contributed by atoms with Crippen LogP contribution in [0.1, 0.15) is 5.69 Å². The molecule has 0 aliphatic heterocycles. The second-order valence-corrected chi connectivity index (χ2v) is 5.85. The standard InChI is InChI=1S/C18H17N5O4/c1-9-11-5-6-14(24)20-15(11)16-18(19-9)23(22-21-16)10-7-12(25-2)17(27-4)13(8-10)26-3/h5-8,22H,1-4H3. The van der Waals surface area contributed by atoms with Crippen molar-refractivity contribution in [2.45, 2.75) is 6.92 Å². The number of nitrogens with one attached hydrogen (secondary N) is 1. The predicted octanol–water partition coefficient (Wildman–Crippen LogP) is 1.99. The van der Waals surface area contributed by atoms with Crippen LogP contribution in [0.5, 0.6) is 17.2 Å². The zero-order valence-electron chi connectivity index (χ0n) is 15.2.